The average molecular weight is 204 g/mol. The van der Waals surface area contributed by atoms with Crippen molar-refractivity contribution in [3.8, 4) is 0 Å². The molecule has 0 heterocycles. The summed E-state index contributed by atoms with van der Waals surface area (Å²) in [6.45, 7) is 5.84. The zero-order valence-electron chi connectivity index (χ0n) is 8.77. The molecule has 1 rings (SSSR count). The number of halogens is 1. The Morgan fingerprint density at radius 3 is 2.46 bits per heavy atom. The highest BCUT2D eigenvalue weighted by atomic mass is 35.5. The van der Waals surface area contributed by atoms with Crippen molar-refractivity contribution in [2.75, 3.05) is 25.5 Å². The molecule has 13 heavy (non-hydrogen) atoms. The molecule has 0 unspecified atom stereocenters. The van der Waals surface area contributed by atoms with Gasteiger partial charge in [0.05, 0.1) is 0 Å². The van der Waals surface area contributed by atoms with Gasteiger partial charge < -0.3 is 4.90 Å². The molecule has 0 aromatic heterocycles. The van der Waals surface area contributed by atoms with Crippen molar-refractivity contribution in [3.63, 3.8) is 0 Å². The van der Waals surface area contributed by atoms with E-state index in [1.165, 1.54) is 45.2 Å². The first kappa shape index (κ1) is 11.3. The normalized spacial score (nSPS) is 18.7. The van der Waals surface area contributed by atoms with Crippen LogP contribution >= 0.6 is 11.6 Å². The lowest BCUT2D eigenvalue weighted by Crippen LogP contribution is -2.31. The molecule has 0 aromatic rings. The fourth-order valence-electron chi connectivity index (χ4n) is 2.29. The first-order valence-corrected chi connectivity index (χ1v) is 6.18. The van der Waals surface area contributed by atoms with Crippen molar-refractivity contribution < 1.29 is 0 Å². The molecule has 0 saturated heterocycles. The van der Waals surface area contributed by atoms with E-state index in [0.717, 1.165) is 18.3 Å². The van der Waals surface area contributed by atoms with E-state index < -0.39 is 0 Å². The molecule has 0 aromatic carbocycles. The number of rotatable bonds is 6. The Balaban J connectivity index is 2.19. The summed E-state index contributed by atoms with van der Waals surface area (Å²) >= 11 is 5.78. The van der Waals surface area contributed by atoms with E-state index in [0.29, 0.717) is 0 Å². The molecule has 0 N–H and O–H groups in total. The number of alkyl halides is 1. The summed E-state index contributed by atoms with van der Waals surface area (Å²) in [5.41, 5.74) is 0. The van der Waals surface area contributed by atoms with E-state index in [1.807, 2.05) is 0 Å². The van der Waals surface area contributed by atoms with Crippen molar-refractivity contribution in [1.29, 1.82) is 0 Å². The zero-order valence-corrected chi connectivity index (χ0v) is 9.52. The largest absolute Gasteiger partial charge is 0.302 e. The third-order valence-electron chi connectivity index (χ3n) is 2.93. The third-order valence-corrected chi connectivity index (χ3v) is 3.10. The fourth-order valence-corrected chi connectivity index (χ4v) is 2.53. The Morgan fingerprint density at radius 2 is 1.92 bits per heavy atom. The summed E-state index contributed by atoms with van der Waals surface area (Å²) in [4.78, 5) is 2.53. The van der Waals surface area contributed by atoms with Crippen molar-refractivity contribution in [2.45, 2.75) is 39.0 Å². The summed E-state index contributed by atoms with van der Waals surface area (Å²) in [5, 5.41) is 0. The van der Waals surface area contributed by atoms with Gasteiger partial charge >= 0.3 is 0 Å². The summed E-state index contributed by atoms with van der Waals surface area (Å²) in [7, 11) is 0. The maximum Gasteiger partial charge on any atom is 0.0351 e. The highest BCUT2D eigenvalue weighted by Gasteiger charge is 2.17. The second kappa shape index (κ2) is 6.67. The molecule has 78 valence electrons. The van der Waals surface area contributed by atoms with Crippen LogP contribution in [-0.2, 0) is 0 Å². The van der Waals surface area contributed by atoms with Crippen LogP contribution in [0, 0.1) is 5.92 Å². The van der Waals surface area contributed by atoms with Gasteiger partial charge in [0.15, 0.2) is 0 Å². The molecule has 1 fully saturated rings. The van der Waals surface area contributed by atoms with Gasteiger partial charge in [-0.3, -0.25) is 0 Å². The molecule has 0 radical (unpaired) electrons. The van der Waals surface area contributed by atoms with Gasteiger partial charge in [0.25, 0.3) is 0 Å². The molecule has 0 atom stereocenters. The summed E-state index contributed by atoms with van der Waals surface area (Å²) in [5.74, 6) is 1.75. The van der Waals surface area contributed by atoms with Crippen LogP contribution in [0.2, 0.25) is 0 Å². The first-order valence-electron chi connectivity index (χ1n) is 5.65. The number of nitrogens with zero attached hydrogens (tertiary/aromatic N) is 1. The molecule has 2 heteroatoms. The number of hydrogen-bond donors (Lipinski definition) is 0. The smallest absolute Gasteiger partial charge is 0.0351 e. The van der Waals surface area contributed by atoms with Gasteiger partial charge in [-0.25, -0.2) is 0 Å². The van der Waals surface area contributed by atoms with Crippen molar-refractivity contribution in [1.82, 2.24) is 4.90 Å². The molecule has 1 aliphatic rings. The van der Waals surface area contributed by atoms with Gasteiger partial charge in [0, 0.05) is 19.0 Å². The lowest BCUT2D eigenvalue weighted by molar-refractivity contribution is 0.244. The second-order valence-corrected chi connectivity index (χ2v) is 4.52. The maximum absolute atomic E-state index is 5.78. The third kappa shape index (κ3) is 4.33. The van der Waals surface area contributed by atoms with Gasteiger partial charge in [-0.05, 0) is 31.7 Å². The van der Waals surface area contributed by atoms with E-state index in [-0.39, 0.29) is 0 Å². The van der Waals surface area contributed by atoms with Crippen LogP contribution < -0.4 is 0 Å². The highest BCUT2D eigenvalue weighted by molar-refractivity contribution is 6.18. The second-order valence-electron chi connectivity index (χ2n) is 4.14. The molecular weight excluding hydrogens is 182 g/mol. The SMILES string of the molecule is CCCN(CCCl)CC1CCCC1. The van der Waals surface area contributed by atoms with Crippen LogP contribution in [0.5, 0.6) is 0 Å². The van der Waals surface area contributed by atoms with Gasteiger partial charge in [0.1, 0.15) is 0 Å². The lowest BCUT2D eigenvalue weighted by atomic mass is 10.1. The van der Waals surface area contributed by atoms with E-state index in [1.54, 1.807) is 0 Å². The summed E-state index contributed by atoms with van der Waals surface area (Å²) in [6.07, 6.45) is 7.05. The molecule has 0 amide bonds. The van der Waals surface area contributed by atoms with Crippen LogP contribution in [0.1, 0.15) is 39.0 Å². The van der Waals surface area contributed by atoms with Crippen LogP contribution in [-0.4, -0.2) is 30.4 Å². The minimum absolute atomic E-state index is 0.784. The Hall–Kier alpha value is 0.250. The fraction of sp³-hybridized carbons (Fsp3) is 1.00. The predicted octanol–water partition coefficient (Wildman–Crippen LogP) is 3.13. The monoisotopic (exact) mass is 203 g/mol. The van der Waals surface area contributed by atoms with E-state index in [2.05, 4.69) is 11.8 Å². The molecule has 0 spiro atoms. The van der Waals surface area contributed by atoms with Crippen LogP contribution in [0.4, 0.5) is 0 Å². The first-order chi connectivity index (χ1) is 6.36. The molecule has 0 bridgehead atoms. The van der Waals surface area contributed by atoms with Crippen molar-refractivity contribution in [3.05, 3.63) is 0 Å². The van der Waals surface area contributed by atoms with E-state index >= 15 is 0 Å². The molecule has 1 aliphatic carbocycles. The van der Waals surface area contributed by atoms with Gasteiger partial charge in [-0.2, -0.15) is 0 Å². The molecule has 1 nitrogen and oxygen atoms in total. The predicted molar refractivity (Wildman–Crippen MR) is 59.4 cm³/mol. The zero-order chi connectivity index (χ0) is 9.52. The standard InChI is InChI=1S/C11H22ClN/c1-2-8-13(9-7-12)10-11-5-3-4-6-11/h11H,2-10H2,1H3. The van der Waals surface area contributed by atoms with Crippen molar-refractivity contribution in [2.24, 2.45) is 5.92 Å². The minimum Gasteiger partial charge on any atom is -0.302 e. The van der Waals surface area contributed by atoms with Gasteiger partial charge in [0.2, 0.25) is 0 Å². The van der Waals surface area contributed by atoms with E-state index in [9.17, 15) is 0 Å². The Bertz CT molecular complexity index is 115. The molecule has 1 saturated carbocycles. The Labute approximate surface area is 87.4 Å². The summed E-state index contributed by atoms with van der Waals surface area (Å²) < 4.78 is 0. The maximum atomic E-state index is 5.78. The minimum atomic E-state index is 0.784. The quantitative estimate of drug-likeness (QED) is 0.600. The van der Waals surface area contributed by atoms with Crippen LogP contribution in [0.3, 0.4) is 0 Å². The van der Waals surface area contributed by atoms with Gasteiger partial charge in [-0.15, -0.1) is 11.6 Å². The Kier molecular flexibility index (Phi) is 5.81. The van der Waals surface area contributed by atoms with Gasteiger partial charge in [-0.1, -0.05) is 19.8 Å². The number of hydrogen-bond acceptors (Lipinski definition) is 1. The summed E-state index contributed by atoms with van der Waals surface area (Å²) in [6, 6.07) is 0. The van der Waals surface area contributed by atoms with E-state index in [4.69, 9.17) is 11.6 Å². The molecular formula is C11H22ClN. The average Bonchev–Trinajstić information content (AvgIpc) is 2.58. The van der Waals surface area contributed by atoms with Crippen LogP contribution in [0.25, 0.3) is 0 Å². The lowest BCUT2D eigenvalue weighted by Gasteiger charge is -2.23. The topological polar surface area (TPSA) is 3.24 Å². The van der Waals surface area contributed by atoms with Crippen molar-refractivity contribution >= 4 is 11.6 Å². The highest BCUT2D eigenvalue weighted by Crippen LogP contribution is 2.25. The Morgan fingerprint density at radius 1 is 1.23 bits per heavy atom. The van der Waals surface area contributed by atoms with Crippen LogP contribution in [0.15, 0.2) is 0 Å². The molecule has 0 aliphatic heterocycles.